The van der Waals surface area contributed by atoms with Crippen LogP contribution in [0.25, 0.3) is 0 Å². The fourth-order valence-corrected chi connectivity index (χ4v) is 2.73. The molecule has 6 nitrogen and oxygen atoms in total. The predicted octanol–water partition coefficient (Wildman–Crippen LogP) is 0.328. The summed E-state index contributed by atoms with van der Waals surface area (Å²) in [6.07, 6.45) is 1.03. The number of quaternary nitrogens is 1. The molecule has 0 atom stereocenters. The number of rotatable bonds is 7. The number of nitrogens with zero attached hydrogens (tertiary/aromatic N) is 1. The standard InChI is InChI=1S/C17H25FN4O2S/c1-13(14-4-5-16(23-2)15(18)12-14)20-21-17(25)19-6-3-7-22-8-10-24-11-9-22/h4-5,12H,3,6-11H2,1-2H3,(H2,19,21,25)/p+1/b20-13-. The number of halogens is 1. The molecule has 0 amide bonds. The van der Waals surface area contributed by atoms with Gasteiger partial charge in [0.25, 0.3) is 0 Å². The Morgan fingerprint density at radius 3 is 2.84 bits per heavy atom. The van der Waals surface area contributed by atoms with Gasteiger partial charge in [-0.05, 0) is 37.3 Å². The van der Waals surface area contributed by atoms with Crippen molar-refractivity contribution in [1.29, 1.82) is 0 Å². The zero-order valence-corrected chi connectivity index (χ0v) is 15.5. The van der Waals surface area contributed by atoms with Gasteiger partial charge in [0.1, 0.15) is 13.1 Å². The van der Waals surface area contributed by atoms with Crippen molar-refractivity contribution in [3.8, 4) is 5.75 Å². The normalized spacial score (nSPS) is 15.7. The SMILES string of the molecule is COc1ccc(/C(C)=N\NC(=S)NCCC[NH+]2CCOCC2)cc1F. The lowest BCUT2D eigenvalue weighted by molar-refractivity contribution is -0.908. The lowest BCUT2D eigenvalue weighted by Gasteiger charge is -2.23. The summed E-state index contributed by atoms with van der Waals surface area (Å²) in [5, 5.41) is 7.79. The van der Waals surface area contributed by atoms with E-state index in [1.54, 1.807) is 24.0 Å². The van der Waals surface area contributed by atoms with E-state index < -0.39 is 5.82 Å². The highest BCUT2D eigenvalue weighted by molar-refractivity contribution is 7.80. The van der Waals surface area contributed by atoms with Gasteiger partial charge in [-0.15, -0.1) is 0 Å². The van der Waals surface area contributed by atoms with Gasteiger partial charge in [0, 0.05) is 18.5 Å². The lowest BCUT2D eigenvalue weighted by Crippen LogP contribution is -3.14. The molecule has 25 heavy (non-hydrogen) atoms. The molecule has 3 N–H and O–H groups in total. The molecule has 1 heterocycles. The third-order valence-electron chi connectivity index (χ3n) is 4.09. The quantitative estimate of drug-likeness (QED) is 0.280. The Hall–Kier alpha value is -1.77. The van der Waals surface area contributed by atoms with E-state index in [-0.39, 0.29) is 5.75 Å². The van der Waals surface area contributed by atoms with Crippen molar-refractivity contribution < 1.29 is 18.8 Å². The molecule has 8 heteroatoms. The molecule has 0 bridgehead atoms. The molecular weight excluding hydrogens is 343 g/mol. The lowest BCUT2D eigenvalue weighted by atomic mass is 10.1. The van der Waals surface area contributed by atoms with Crippen LogP contribution < -0.4 is 20.4 Å². The Balaban J connectivity index is 1.70. The van der Waals surface area contributed by atoms with Crippen molar-refractivity contribution in [3.05, 3.63) is 29.6 Å². The van der Waals surface area contributed by atoms with Crippen molar-refractivity contribution in [2.75, 3.05) is 46.5 Å². The summed E-state index contributed by atoms with van der Waals surface area (Å²) >= 11 is 5.21. The maximum Gasteiger partial charge on any atom is 0.186 e. The van der Waals surface area contributed by atoms with Gasteiger partial charge in [-0.3, -0.25) is 5.43 Å². The van der Waals surface area contributed by atoms with Crippen LogP contribution in [0.1, 0.15) is 18.9 Å². The molecule has 138 valence electrons. The van der Waals surface area contributed by atoms with Crippen LogP contribution in [0.2, 0.25) is 0 Å². The van der Waals surface area contributed by atoms with Gasteiger partial charge in [0.2, 0.25) is 0 Å². The molecule has 1 aliphatic heterocycles. The molecule has 0 aliphatic carbocycles. The molecule has 1 fully saturated rings. The maximum atomic E-state index is 13.7. The topological polar surface area (TPSA) is 59.3 Å². The summed E-state index contributed by atoms with van der Waals surface area (Å²) in [5.41, 5.74) is 4.11. The Labute approximate surface area is 153 Å². The van der Waals surface area contributed by atoms with Crippen LogP contribution in [-0.2, 0) is 4.74 Å². The van der Waals surface area contributed by atoms with Gasteiger partial charge in [-0.25, -0.2) is 4.39 Å². The van der Waals surface area contributed by atoms with Crippen molar-refractivity contribution in [2.24, 2.45) is 5.10 Å². The number of hydrogen-bond donors (Lipinski definition) is 3. The highest BCUT2D eigenvalue weighted by atomic mass is 32.1. The van der Waals surface area contributed by atoms with Crippen LogP contribution in [-0.4, -0.2) is 57.3 Å². The summed E-state index contributed by atoms with van der Waals surface area (Å²) in [4.78, 5) is 1.57. The third-order valence-corrected chi connectivity index (χ3v) is 4.32. The number of ether oxygens (including phenoxy) is 2. The largest absolute Gasteiger partial charge is 0.494 e. The Kier molecular flexibility index (Phi) is 8.03. The van der Waals surface area contributed by atoms with E-state index in [4.69, 9.17) is 21.7 Å². The van der Waals surface area contributed by atoms with Crippen molar-refractivity contribution in [2.45, 2.75) is 13.3 Å². The van der Waals surface area contributed by atoms with Crippen LogP contribution in [0.4, 0.5) is 4.39 Å². The Morgan fingerprint density at radius 1 is 1.40 bits per heavy atom. The first-order valence-electron chi connectivity index (χ1n) is 8.43. The molecule has 0 radical (unpaired) electrons. The first kappa shape index (κ1) is 19.6. The average molecular weight is 369 g/mol. The third kappa shape index (κ3) is 6.56. The smallest absolute Gasteiger partial charge is 0.186 e. The minimum Gasteiger partial charge on any atom is -0.494 e. The number of benzene rings is 1. The predicted molar refractivity (Wildman–Crippen MR) is 99.9 cm³/mol. The molecule has 0 spiro atoms. The first-order valence-corrected chi connectivity index (χ1v) is 8.84. The fraction of sp³-hybridized carbons (Fsp3) is 0.529. The summed E-state index contributed by atoms with van der Waals surface area (Å²) in [5.74, 6) is -0.204. The second-order valence-corrected chi connectivity index (χ2v) is 6.29. The van der Waals surface area contributed by atoms with Crippen LogP contribution in [0.15, 0.2) is 23.3 Å². The summed E-state index contributed by atoms with van der Waals surface area (Å²) in [6.45, 7) is 7.54. The van der Waals surface area contributed by atoms with Crippen LogP contribution in [0, 0.1) is 5.82 Å². The van der Waals surface area contributed by atoms with E-state index in [0.717, 1.165) is 45.8 Å². The van der Waals surface area contributed by atoms with E-state index in [2.05, 4.69) is 15.8 Å². The number of hydrogen-bond acceptors (Lipinski definition) is 4. The number of thiocarbonyl (C=S) groups is 1. The molecule has 2 rings (SSSR count). The molecule has 0 aromatic heterocycles. The molecule has 1 aromatic carbocycles. The summed E-state index contributed by atoms with van der Waals surface area (Å²) in [7, 11) is 1.44. The van der Waals surface area contributed by atoms with Gasteiger partial charge in [-0.2, -0.15) is 5.10 Å². The molecule has 0 unspecified atom stereocenters. The zero-order valence-electron chi connectivity index (χ0n) is 14.7. The summed E-state index contributed by atoms with van der Waals surface area (Å²) in [6, 6.07) is 4.72. The molecule has 1 aliphatic rings. The van der Waals surface area contributed by atoms with E-state index in [1.165, 1.54) is 13.2 Å². The highest BCUT2D eigenvalue weighted by Crippen LogP contribution is 2.17. The highest BCUT2D eigenvalue weighted by Gasteiger charge is 2.12. The monoisotopic (exact) mass is 369 g/mol. The van der Waals surface area contributed by atoms with Crippen LogP contribution in [0.3, 0.4) is 0 Å². The number of methoxy groups -OCH3 is 1. The van der Waals surface area contributed by atoms with Gasteiger partial charge >= 0.3 is 0 Å². The van der Waals surface area contributed by atoms with E-state index >= 15 is 0 Å². The first-order chi connectivity index (χ1) is 12.1. The van der Waals surface area contributed by atoms with E-state index in [1.807, 2.05) is 0 Å². The second-order valence-electron chi connectivity index (χ2n) is 5.88. The van der Waals surface area contributed by atoms with Gasteiger partial charge in [0.05, 0.1) is 32.6 Å². The minimum atomic E-state index is -0.416. The minimum absolute atomic E-state index is 0.212. The number of nitrogens with one attached hydrogen (secondary N) is 3. The van der Waals surface area contributed by atoms with E-state index in [9.17, 15) is 4.39 Å². The van der Waals surface area contributed by atoms with Gasteiger partial charge in [0.15, 0.2) is 16.7 Å². The van der Waals surface area contributed by atoms with Crippen molar-refractivity contribution in [3.63, 3.8) is 0 Å². The van der Waals surface area contributed by atoms with E-state index in [0.29, 0.717) is 16.4 Å². The average Bonchev–Trinajstić information content (AvgIpc) is 2.64. The Morgan fingerprint density at radius 2 is 2.16 bits per heavy atom. The van der Waals surface area contributed by atoms with Crippen molar-refractivity contribution >= 4 is 23.0 Å². The van der Waals surface area contributed by atoms with Crippen molar-refractivity contribution in [1.82, 2.24) is 10.7 Å². The zero-order chi connectivity index (χ0) is 18.1. The summed E-state index contributed by atoms with van der Waals surface area (Å²) < 4.78 is 24.0. The molecule has 1 aromatic rings. The molecule has 1 saturated heterocycles. The molecule has 0 saturated carbocycles. The van der Waals surface area contributed by atoms with Gasteiger partial charge in [-0.1, -0.05) is 0 Å². The molecular formula is C17H26FN4O2S+. The Bertz CT molecular complexity index is 606. The fourth-order valence-electron chi connectivity index (χ4n) is 2.58. The van der Waals surface area contributed by atoms with Gasteiger partial charge < -0.3 is 19.7 Å². The van der Waals surface area contributed by atoms with Crippen LogP contribution >= 0.6 is 12.2 Å². The number of hydrazone groups is 1. The maximum absolute atomic E-state index is 13.7. The van der Waals surface area contributed by atoms with Crippen LogP contribution in [0.5, 0.6) is 5.75 Å². The number of morpholine rings is 1. The second kappa shape index (κ2) is 10.3.